The maximum Gasteiger partial charge on any atom is 0.309 e. The van der Waals surface area contributed by atoms with Crippen LogP contribution < -0.4 is 0 Å². The van der Waals surface area contributed by atoms with E-state index in [2.05, 4.69) is 4.90 Å². The molecule has 4 heteroatoms. The summed E-state index contributed by atoms with van der Waals surface area (Å²) in [6.45, 7) is 5.17. The first-order chi connectivity index (χ1) is 9.10. The van der Waals surface area contributed by atoms with Crippen LogP contribution in [0.4, 0.5) is 0 Å². The van der Waals surface area contributed by atoms with E-state index < -0.39 is 0 Å². The van der Waals surface area contributed by atoms with Crippen molar-refractivity contribution >= 4 is 5.97 Å². The molecule has 0 saturated carbocycles. The number of benzene rings is 1. The third-order valence-electron chi connectivity index (χ3n) is 3.49. The fourth-order valence-corrected chi connectivity index (χ4v) is 2.07. The quantitative estimate of drug-likeness (QED) is 0.762. The number of methoxy groups -OCH3 is 1. The fraction of sp³-hybridized carbons (Fsp3) is 0.533. The minimum Gasteiger partial charge on any atom is -0.469 e. The van der Waals surface area contributed by atoms with Crippen molar-refractivity contribution in [3.05, 3.63) is 35.9 Å². The molecule has 0 aliphatic carbocycles. The highest BCUT2D eigenvalue weighted by molar-refractivity contribution is 5.72. The third-order valence-corrected chi connectivity index (χ3v) is 3.49. The van der Waals surface area contributed by atoms with Crippen LogP contribution in [-0.4, -0.2) is 42.3 Å². The summed E-state index contributed by atoms with van der Waals surface area (Å²) in [7, 11) is 1.40. The minimum atomic E-state index is -0.222. The van der Waals surface area contributed by atoms with Gasteiger partial charge in [0, 0.05) is 19.1 Å². The molecule has 0 aliphatic rings. The lowest BCUT2D eigenvalue weighted by atomic mass is 10.0. The molecule has 0 aliphatic heterocycles. The van der Waals surface area contributed by atoms with Crippen LogP contribution in [0.15, 0.2) is 30.3 Å². The normalized spacial score (nSPS) is 14.2. The van der Waals surface area contributed by atoms with Crippen LogP contribution in [-0.2, 0) is 16.1 Å². The highest BCUT2D eigenvalue weighted by atomic mass is 16.5. The molecular formula is C15H23NO3. The summed E-state index contributed by atoms with van der Waals surface area (Å²) in [6, 6.07) is 10.0. The summed E-state index contributed by atoms with van der Waals surface area (Å²) in [5, 5.41) is 9.18. The molecule has 0 radical (unpaired) electrons. The van der Waals surface area contributed by atoms with Crippen molar-refractivity contribution in [2.45, 2.75) is 26.4 Å². The zero-order valence-electron chi connectivity index (χ0n) is 11.9. The summed E-state index contributed by atoms with van der Waals surface area (Å²) in [6.07, 6.45) is 0. The van der Waals surface area contributed by atoms with Crippen molar-refractivity contribution < 1.29 is 14.6 Å². The summed E-state index contributed by atoms with van der Waals surface area (Å²) < 4.78 is 4.78. The Kier molecular flexibility index (Phi) is 6.53. The maximum absolute atomic E-state index is 11.6. The first kappa shape index (κ1) is 15.7. The molecule has 0 amide bonds. The average Bonchev–Trinajstić information content (AvgIpc) is 2.45. The predicted molar refractivity (Wildman–Crippen MR) is 74.6 cm³/mol. The third kappa shape index (κ3) is 4.65. The van der Waals surface area contributed by atoms with Crippen LogP contribution in [0.5, 0.6) is 0 Å². The van der Waals surface area contributed by atoms with Crippen molar-refractivity contribution in [1.29, 1.82) is 0 Å². The summed E-state index contributed by atoms with van der Waals surface area (Å²) in [5.41, 5.74) is 1.17. The lowest BCUT2D eigenvalue weighted by Crippen LogP contribution is -2.41. The fourth-order valence-electron chi connectivity index (χ4n) is 2.07. The Morgan fingerprint density at radius 1 is 1.32 bits per heavy atom. The van der Waals surface area contributed by atoms with Gasteiger partial charge in [-0.15, -0.1) is 0 Å². The SMILES string of the molecule is COC(=O)C(C)C(C)N(CCO)Cc1ccccc1. The first-order valence-electron chi connectivity index (χ1n) is 6.56. The molecule has 106 valence electrons. The van der Waals surface area contributed by atoms with Gasteiger partial charge in [-0.3, -0.25) is 9.69 Å². The number of rotatable bonds is 7. The van der Waals surface area contributed by atoms with Gasteiger partial charge in [0.1, 0.15) is 0 Å². The van der Waals surface area contributed by atoms with E-state index >= 15 is 0 Å². The minimum absolute atomic E-state index is 0.0137. The number of hydrogen-bond donors (Lipinski definition) is 1. The van der Waals surface area contributed by atoms with Gasteiger partial charge in [-0.25, -0.2) is 0 Å². The molecule has 0 bridgehead atoms. The van der Waals surface area contributed by atoms with Gasteiger partial charge in [0.05, 0.1) is 19.6 Å². The van der Waals surface area contributed by atoms with E-state index in [1.807, 2.05) is 44.2 Å². The molecule has 19 heavy (non-hydrogen) atoms. The second-order valence-electron chi connectivity index (χ2n) is 4.73. The van der Waals surface area contributed by atoms with Crippen LogP contribution in [0, 0.1) is 5.92 Å². The van der Waals surface area contributed by atoms with Crippen molar-refractivity contribution in [3.8, 4) is 0 Å². The van der Waals surface area contributed by atoms with Crippen LogP contribution >= 0.6 is 0 Å². The van der Waals surface area contributed by atoms with Gasteiger partial charge in [-0.2, -0.15) is 0 Å². The highest BCUT2D eigenvalue weighted by Gasteiger charge is 2.26. The molecule has 1 N–H and O–H groups in total. The molecule has 0 aromatic heterocycles. The Balaban J connectivity index is 2.73. The second-order valence-corrected chi connectivity index (χ2v) is 4.73. The van der Waals surface area contributed by atoms with Crippen LogP contribution in [0.2, 0.25) is 0 Å². The summed E-state index contributed by atoms with van der Waals surface area (Å²) in [4.78, 5) is 13.7. The van der Waals surface area contributed by atoms with Gasteiger partial charge >= 0.3 is 5.97 Å². The number of carbonyl (C=O) groups is 1. The van der Waals surface area contributed by atoms with Crippen molar-refractivity contribution in [2.24, 2.45) is 5.92 Å². The number of ether oxygens (including phenoxy) is 1. The number of nitrogens with zero attached hydrogens (tertiary/aromatic N) is 1. The largest absolute Gasteiger partial charge is 0.469 e. The second kappa shape index (κ2) is 7.92. The molecule has 2 unspecified atom stereocenters. The molecule has 0 spiro atoms. The van der Waals surface area contributed by atoms with Crippen LogP contribution in [0.1, 0.15) is 19.4 Å². The maximum atomic E-state index is 11.6. The van der Waals surface area contributed by atoms with Gasteiger partial charge in [0.25, 0.3) is 0 Å². The number of hydrogen-bond acceptors (Lipinski definition) is 4. The molecule has 4 nitrogen and oxygen atoms in total. The Hall–Kier alpha value is -1.39. The van der Waals surface area contributed by atoms with Gasteiger partial charge in [-0.1, -0.05) is 37.3 Å². The predicted octanol–water partition coefficient (Wildman–Crippen LogP) is 1.68. The first-order valence-corrected chi connectivity index (χ1v) is 6.56. The van der Waals surface area contributed by atoms with Gasteiger partial charge < -0.3 is 9.84 Å². The van der Waals surface area contributed by atoms with Crippen molar-refractivity contribution in [3.63, 3.8) is 0 Å². The highest BCUT2D eigenvalue weighted by Crippen LogP contribution is 2.15. The zero-order chi connectivity index (χ0) is 14.3. The van der Waals surface area contributed by atoms with Gasteiger partial charge in [-0.05, 0) is 12.5 Å². The van der Waals surface area contributed by atoms with E-state index in [1.54, 1.807) is 0 Å². The molecule has 1 aromatic rings. The number of carbonyl (C=O) groups excluding carboxylic acids is 1. The molecular weight excluding hydrogens is 242 g/mol. The average molecular weight is 265 g/mol. The Bertz CT molecular complexity index is 380. The molecule has 0 heterocycles. The Morgan fingerprint density at radius 3 is 2.47 bits per heavy atom. The smallest absolute Gasteiger partial charge is 0.309 e. The summed E-state index contributed by atoms with van der Waals surface area (Å²) >= 11 is 0. The Labute approximate surface area is 115 Å². The van der Waals surface area contributed by atoms with E-state index in [0.29, 0.717) is 13.1 Å². The van der Waals surface area contributed by atoms with E-state index in [0.717, 1.165) is 0 Å². The monoisotopic (exact) mass is 265 g/mol. The molecule has 0 fully saturated rings. The molecule has 1 aromatic carbocycles. The van der Waals surface area contributed by atoms with Crippen LogP contribution in [0.3, 0.4) is 0 Å². The van der Waals surface area contributed by atoms with E-state index in [1.165, 1.54) is 12.7 Å². The Morgan fingerprint density at radius 2 is 1.95 bits per heavy atom. The lowest BCUT2D eigenvalue weighted by Gasteiger charge is -2.31. The standard InChI is InChI=1S/C15H23NO3/c1-12(15(18)19-3)13(2)16(9-10-17)11-14-7-5-4-6-8-14/h4-8,12-13,17H,9-11H2,1-3H3. The van der Waals surface area contributed by atoms with Crippen molar-refractivity contribution in [1.82, 2.24) is 4.90 Å². The van der Waals surface area contributed by atoms with Crippen molar-refractivity contribution in [2.75, 3.05) is 20.3 Å². The zero-order valence-corrected chi connectivity index (χ0v) is 11.9. The number of esters is 1. The molecule has 2 atom stereocenters. The topological polar surface area (TPSA) is 49.8 Å². The van der Waals surface area contributed by atoms with Gasteiger partial charge in [0.2, 0.25) is 0 Å². The number of aliphatic hydroxyl groups is 1. The molecule has 0 saturated heterocycles. The van der Waals surface area contributed by atoms with E-state index in [-0.39, 0.29) is 24.5 Å². The molecule has 1 rings (SSSR count). The van der Waals surface area contributed by atoms with Gasteiger partial charge in [0.15, 0.2) is 0 Å². The summed E-state index contributed by atoms with van der Waals surface area (Å²) in [5.74, 6) is -0.441. The number of aliphatic hydroxyl groups excluding tert-OH is 1. The van der Waals surface area contributed by atoms with E-state index in [9.17, 15) is 9.90 Å². The van der Waals surface area contributed by atoms with Crippen LogP contribution in [0.25, 0.3) is 0 Å². The lowest BCUT2D eigenvalue weighted by molar-refractivity contribution is -0.147. The van der Waals surface area contributed by atoms with E-state index in [4.69, 9.17) is 4.74 Å².